The molecule has 0 radical (unpaired) electrons. The number of halogens is 2. The second-order valence-corrected chi connectivity index (χ2v) is 4.72. The summed E-state index contributed by atoms with van der Waals surface area (Å²) in [6, 6.07) is 4.80. The van der Waals surface area contributed by atoms with Crippen molar-refractivity contribution in [1.82, 2.24) is 0 Å². The summed E-state index contributed by atoms with van der Waals surface area (Å²) in [7, 11) is 0. The van der Waals surface area contributed by atoms with Crippen LogP contribution in [0.3, 0.4) is 0 Å². The van der Waals surface area contributed by atoms with Gasteiger partial charge in [-0.2, -0.15) is 0 Å². The number of benzene rings is 1. The third-order valence-corrected chi connectivity index (χ3v) is 3.23. The standard InChI is InChI=1S/C11H12BrFO/c12-9-4-3-8(6-10(9)13)11(14)5-7-1-2-7/h3-4,6-7,11,14H,1-2,5H2. The van der Waals surface area contributed by atoms with Crippen LogP contribution in [0.4, 0.5) is 4.39 Å². The summed E-state index contributed by atoms with van der Waals surface area (Å²) in [5.41, 5.74) is 0.678. The fourth-order valence-electron chi connectivity index (χ4n) is 1.53. The Morgan fingerprint density at radius 3 is 2.79 bits per heavy atom. The van der Waals surface area contributed by atoms with E-state index in [1.807, 2.05) is 0 Å². The summed E-state index contributed by atoms with van der Waals surface area (Å²) >= 11 is 3.09. The van der Waals surface area contributed by atoms with Crippen LogP contribution in [0, 0.1) is 11.7 Å². The summed E-state index contributed by atoms with van der Waals surface area (Å²) in [6.07, 6.45) is 2.66. The lowest BCUT2D eigenvalue weighted by Crippen LogP contribution is -1.99. The van der Waals surface area contributed by atoms with E-state index in [4.69, 9.17) is 0 Å². The quantitative estimate of drug-likeness (QED) is 0.881. The highest BCUT2D eigenvalue weighted by Crippen LogP contribution is 2.37. The van der Waals surface area contributed by atoms with Crippen molar-refractivity contribution in [2.24, 2.45) is 5.92 Å². The van der Waals surface area contributed by atoms with Gasteiger partial charge in [0.05, 0.1) is 10.6 Å². The zero-order valence-corrected chi connectivity index (χ0v) is 9.30. The van der Waals surface area contributed by atoms with Gasteiger partial charge in [0.15, 0.2) is 0 Å². The Bertz CT molecular complexity index is 336. The molecule has 1 fully saturated rings. The molecule has 1 aliphatic carbocycles. The van der Waals surface area contributed by atoms with E-state index in [0.717, 1.165) is 6.42 Å². The van der Waals surface area contributed by atoms with Gasteiger partial charge in [0.2, 0.25) is 0 Å². The van der Waals surface area contributed by atoms with Crippen LogP contribution in [0.25, 0.3) is 0 Å². The molecule has 2 rings (SSSR count). The van der Waals surface area contributed by atoms with Crippen molar-refractivity contribution in [2.75, 3.05) is 0 Å². The highest BCUT2D eigenvalue weighted by atomic mass is 79.9. The largest absolute Gasteiger partial charge is 0.388 e. The van der Waals surface area contributed by atoms with E-state index >= 15 is 0 Å². The van der Waals surface area contributed by atoms with Gasteiger partial charge < -0.3 is 5.11 Å². The molecule has 0 saturated heterocycles. The van der Waals surface area contributed by atoms with Gasteiger partial charge in [0, 0.05) is 0 Å². The van der Waals surface area contributed by atoms with Gasteiger partial charge in [-0.1, -0.05) is 18.9 Å². The first kappa shape index (κ1) is 10.1. The van der Waals surface area contributed by atoms with Crippen LogP contribution >= 0.6 is 15.9 Å². The summed E-state index contributed by atoms with van der Waals surface area (Å²) in [6.45, 7) is 0. The van der Waals surface area contributed by atoms with Gasteiger partial charge in [0.1, 0.15) is 5.82 Å². The maximum atomic E-state index is 13.1. The molecule has 0 heterocycles. The van der Waals surface area contributed by atoms with Gasteiger partial charge in [-0.05, 0) is 46.0 Å². The Morgan fingerprint density at radius 1 is 1.50 bits per heavy atom. The lowest BCUT2D eigenvalue weighted by Gasteiger charge is -2.10. The van der Waals surface area contributed by atoms with Gasteiger partial charge in [-0.3, -0.25) is 0 Å². The Labute approximate surface area is 91.1 Å². The van der Waals surface area contributed by atoms with Gasteiger partial charge in [0.25, 0.3) is 0 Å². The van der Waals surface area contributed by atoms with Gasteiger partial charge in [-0.25, -0.2) is 4.39 Å². The van der Waals surface area contributed by atoms with Crippen molar-refractivity contribution < 1.29 is 9.50 Å². The van der Waals surface area contributed by atoms with Gasteiger partial charge >= 0.3 is 0 Å². The van der Waals surface area contributed by atoms with E-state index in [9.17, 15) is 9.50 Å². The number of rotatable bonds is 3. The molecule has 1 N–H and O–H groups in total. The normalized spacial score (nSPS) is 18.2. The van der Waals surface area contributed by atoms with Crippen LogP contribution < -0.4 is 0 Å². The highest BCUT2D eigenvalue weighted by Gasteiger charge is 2.25. The third kappa shape index (κ3) is 2.34. The molecule has 14 heavy (non-hydrogen) atoms. The maximum Gasteiger partial charge on any atom is 0.137 e. The molecule has 0 bridgehead atoms. The van der Waals surface area contributed by atoms with E-state index in [1.54, 1.807) is 12.1 Å². The molecule has 1 nitrogen and oxygen atoms in total. The fraction of sp³-hybridized carbons (Fsp3) is 0.455. The molecule has 1 aliphatic rings. The summed E-state index contributed by atoms with van der Waals surface area (Å²) in [5, 5.41) is 9.76. The summed E-state index contributed by atoms with van der Waals surface area (Å²) in [4.78, 5) is 0. The van der Waals surface area contributed by atoms with E-state index in [2.05, 4.69) is 15.9 Å². The molecular weight excluding hydrogens is 247 g/mol. The Hall–Kier alpha value is -0.410. The third-order valence-electron chi connectivity index (χ3n) is 2.58. The smallest absolute Gasteiger partial charge is 0.137 e. The van der Waals surface area contributed by atoms with Crippen LogP contribution in [0.5, 0.6) is 0 Å². The number of aliphatic hydroxyl groups is 1. The van der Waals surface area contributed by atoms with E-state index in [1.165, 1.54) is 18.9 Å². The second kappa shape index (κ2) is 3.99. The van der Waals surface area contributed by atoms with Crippen LogP contribution in [0.15, 0.2) is 22.7 Å². The van der Waals surface area contributed by atoms with Crippen LogP contribution in [-0.2, 0) is 0 Å². The van der Waals surface area contributed by atoms with E-state index in [0.29, 0.717) is 16.0 Å². The molecule has 1 saturated carbocycles. The minimum absolute atomic E-state index is 0.308. The Morgan fingerprint density at radius 2 is 2.21 bits per heavy atom. The molecule has 0 aliphatic heterocycles. The number of hydrogen-bond acceptors (Lipinski definition) is 1. The number of aliphatic hydroxyl groups excluding tert-OH is 1. The Balaban J connectivity index is 2.10. The average molecular weight is 259 g/mol. The van der Waals surface area contributed by atoms with Crippen molar-refractivity contribution in [3.05, 3.63) is 34.1 Å². The molecule has 1 unspecified atom stereocenters. The number of hydrogen-bond donors (Lipinski definition) is 1. The first-order valence-electron chi connectivity index (χ1n) is 4.80. The zero-order valence-electron chi connectivity index (χ0n) is 7.71. The second-order valence-electron chi connectivity index (χ2n) is 3.87. The molecule has 1 atom stereocenters. The molecule has 1 aromatic rings. The molecule has 1 aromatic carbocycles. The fourth-order valence-corrected chi connectivity index (χ4v) is 1.77. The average Bonchev–Trinajstić information content (AvgIpc) is 2.93. The van der Waals surface area contributed by atoms with Crippen molar-refractivity contribution in [2.45, 2.75) is 25.4 Å². The van der Waals surface area contributed by atoms with Crippen LogP contribution in [0.1, 0.15) is 30.9 Å². The van der Waals surface area contributed by atoms with Crippen LogP contribution in [-0.4, -0.2) is 5.11 Å². The van der Waals surface area contributed by atoms with Crippen molar-refractivity contribution in [3.8, 4) is 0 Å². The minimum atomic E-state index is -0.509. The van der Waals surface area contributed by atoms with Crippen molar-refractivity contribution in [3.63, 3.8) is 0 Å². The maximum absolute atomic E-state index is 13.1. The highest BCUT2D eigenvalue weighted by molar-refractivity contribution is 9.10. The molecule has 0 aromatic heterocycles. The summed E-state index contributed by atoms with van der Waals surface area (Å²) in [5.74, 6) is 0.342. The minimum Gasteiger partial charge on any atom is -0.388 e. The lowest BCUT2D eigenvalue weighted by molar-refractivity contribution is 0.160. The lowest BCUT2D eigenvalue weighted by atomic mass is 10.0. The molecular formula is C11H12BrFO. The van der Waals surface area contributed by atoms with Crippen LogP contribution in [0.2, 0.25) is 0 Å². The monoisotopic (exact) mass is 258 g/mol. The predicted octanol–water partition coefficient (Wildman–Crippen LogP) is 3.42. The van der Waals surface area contributed by atoms with E-state index in [-0.39, 0.29) is 5.82 Å². The topological polar surface area (TPSA) is 20.2 Å². The molecule has 0 amide bonds. The molecule has 0 spiro atoms. The van der Waals surface area contributed by atoms with Gasteiger partial charge in [-0.15, -0.1) is 0 Å². The molecule has 76 valence electrons. The Kier molecular flexibility index (Phi) is 2.88. The van der Waals surface area contributed by atoms with E-state index < -0.39 is 6.10 Å². The summed E-state index contributed by atoms with van der Waals surface area (Å²) < 4.78 is 13.6. The first-order valence-corrected chi connectivity index (χ1v) is 5.59. The SMILES string of the molecule is OC(CC1CC1)c1ccc(Br)c(F)c1. The van der Waals surface area contributed by atoms with Crippen molar-refractivity contribution in [1.29, 1.82) is 0 Å². The zero-order chi connectivity index (χ0) is 10.1. The first-order chi connectivity index (χ1) is 6.66. The van der Waals surface area contributed by atoms with Crippen molar-refractivity contribution >= 4 is 15.9 Å². The predicted molar refractivity (Wildman–Crippen MR) is 56.4 cm³/mol. The molecule has 3 heteroatoms.